The first-order valence-electron chi connectivity index (χ1n) is 9.13. The summed E-state index contributed by atoms with van der Waals surface area (Å²) in [6.45, 7) is 6.31. The van der Waals surface area contributed by atoms with Crippen molar-refractivity contribution in [3.05, 3.63) is 78.6 Å². The maximum Gasteiger partial charge on any atom is 0.257 e. The lowest BCUT2D eigenvalue weighted by atomic mass is 10.2. The van der Waals surface area contributed by atoms with Crippen molar-refractivity contribution in [1.82, 2.24) is 4.98 Å². The molecule has 1 heterocycles. The van der Waals surface area contributed by atoms with E-state index in [1.807, 2.05) is 24.3 Å². The van der Waals surface area contributed by atoms with E-state index >= 15 is 0 Å². The van der Waals surface area contributed by atoms with E-state index in [4.69, 9.17) is 0 Å². The SMILES string of the molecule is CCN(CC)c1ccc(Nc2ccc(NC(=O)c3cccnc3)cc2)cc1. The maximum absolute atomic E-state index is 12.2. The van der Waals surface area contributed by atoms with Gasteiger partial charge in [0.25, 0.3) is 5.91 Å². The Hall–Kier alpha value is -3.34. The molecule has 3 rings (SSSR count). The molecule has 0 bridgehead atoms. The molecule has 1 aromatic heterocycles. The van der Waals surface area contributed by atoms with Crippen molar-refractivity contribution >= 4 is 28.7 Å². The largest absolute Gasteiger partial charge is 0.372 e. The Kier molecular flexibility index (Phi) is 6.05. The molecule has 0 aliphatic carbocycles. The number of carbonyl (C=O) groups is 1. The van der Waals surface area contributed by atoms with Crippen LogP contribution in [0.15, 0.2) is 73.1 Å². The van der Waals surface area contributed by atoms with Gasteiger partial charge in [-0.1, -0.05) is 0 Å². The van der Waals surface area contributed by atoms with Crippen LogP contribution in [0.5, 0.6) is 0 Å². The van der Waals surface area contributed by atoms with Gasteiger partial charge in [0.05, 0.1) is 5.56 Å². The van der Waals surface area contributed by atoms with Gasteiger partial charge in [-0.2, -0.15) is 0 Å². The van der Waals surface area contributed by atoms with Crippen molar-refractivity contribution in [2.75, 3.05) is 28.6 Å². The second kappa shape index (κ2) is 8.85. The third-order valence-electron chi connectivity index (χ3n) is 4.35. The Morgan fingerprint density at radius 1 is 0.889 bits per heavy atom. The van der Waals surface area contributed by atoms with E-state index in [9.17, 15) is 4.79 Å². The molecule has 27 heavy (non-hydrogen) atoms. The number of rotatable bonds is 7. The molecule has 5 nitrogen and oxygen atoms in total. The molecule has 3 aromatic rings. The lowest BCUT2D eigenvalue weighted by molar-refractivity contribution is 0.102. The summed E-state index contributed by atoms with van der Waals surface area (Å²) in [6.07, 6.45) is 3.19. The average molecular weight is 360 g/mol. The Bertz CT molecular complexity index is 857. The van der Waals surface area contributed by atoms with Crippen molar-refractivity contribution in [2.45, 2.75) is 13.8 Å². The van der Waals surface area contributed by atoms with Gasteiger partial charge in [-0.05, 0) is 74.5 Å². The van der Waals surface area contributed by atoms with Gasteiger partial charge in [-0.25, -0.2) is 0 Å². The topological polar surface area (TPSA) is 57.3 Å². The van der Waals surface area contributed by atoms with Crippen molar-refractivity contribution in [2.24, 2.45) is 0 Å². The molecule has 0 aliphatic heterocycles. The second-order valence-corrected chi connectivity index (χ2v) is 6.12. The smallest absolute Gasteiger partial charge is 0.257 e. The highest BCUT2D eigenvalue weighted by atomic mass is 16.1. The summed E-state index contributed by atoms with van der Waals surface area (Å²) in [7, 11) is 0. The molecule has 0 aliphatic rings. The van der Waals surface area contributed by atoms with Gasteiger partial charge in [0.1, 0.15) is 0 Å². The zero-order valence-electron chi connectivity index (χ0n) is 15.6. The standard InChI is InChI=1S/C22H24N4O/c1-3-26(4-2)21-13-11-19(12-14-21)24-18-7-9-20(10-8-18)25-22(27)17-6-5-15-23-16-17/h5-16,24H,3-4H2,1-2H3,(H,25,27). The highest BCUT2D eigenvalue weighted by Crippen LogP contribution is 2.22. The zero-order chi connectivity index (χ0) is 19.1. The summed E-state index contributed by atoms with van der Waals surface area (Å²) >= 11 is 0. The summed E-state index contributed by atoms with van der Waals surface area (Å²) in [5.41, 5.74) is 4.49. The number of nitrogens with one attached hydrogen (secondary N) is 2. The van der Waals surface area contributed by atoms with Crippen molar-refractivity contribution in [1.29, 1.82) is 0 Å². The lowest BCUT2D eigenvalue weighted by Gasteiger charge is -2.21. The Labute approximate surface area is 160 Å². The fourth-order valence-electron chi connectivity index (χ4n) is 2.85. The van der Waals surface area contributed by atoms with Crippen LogP contribution in [0.2, 0.25) is 0 Å². The molecule has 138 valence electrons. The van der Waals surface area contributed by atoms with Gasteiger partial charge >= 0.3 is 0 Å². The Morgan fingerprint density at radius 3 is 2.04 bits per heavy atom. The fraction of sp³-hybridized carbons (Fsp3) is 0.182. The number of benzene rings is 2. The van der Waals surface area contributed by atoms with Crippen LogP contribution in [-0.2, 0) is 0 Å². The van der Waals surface area contributed by atoms with E-state index in [1.54, 1.807) is 24.5 Å². The molecular weight excluding hydrogens is 336 g/mol. The summed E-state index contributed by atoms with van der Waals surface area (Å²) in [4.78, 5) is 18.4. The molecule has 0 saturated carbocycles. The van der Waals surface area contributed by atoms with Crippen LogP contribution in [0.4, 0.5) is 22.7 Å². The normalized spacial score (nSPS) is 10.3. The molecule has 5 heteroatoms. The van der Waals surface area contributed by atoms with E-state index in [0.29, 0.717) is 5.56 Å². The molecule has 0 saturated heterocycles. The Morgan fingerprint density at radius 2 is 1.48 bits per heavy atom. The van der Waals surface area contributed by atoms with Crippen LogP contribution < -0.4 is 15.5 Å². The van der Waals surface area contributed by atoms with Crippen LogP contribution in [0.1, 0.15) is 24.2 Å². The number of anilines is 4. The quantitative estimate of drug-likeness (QED) is 0.628. The highest BCUT2D eigenvalue weighted by Gasteiger charge is 2.06. The number of hydrogen-bond acceptors (Lipinski definition) is 4. The summed E-state index contributed by atoms with van der Waals surface area (Å²) in [5.74, 6) is -0.171. The van der Waals surface area contributed by atoms with E-state index in [0.717, 1.165) is 30.2 Å². The number of pyridine rings is 1. The van der Waals surface area contributed by atoms with Crippen molar-refractivity contribution in [3.8, 4) is 0 Å². The first-order valence-corrected chi connectivity index (χ1v) is 9.13. The van der Waals surface area contributed by atoms with E-state index in [-0.39, 0.29) is 5.91 Å². The number of hydrogen-bond donors (Lipinski definition) is 2. The summed E-state index contributed by atoms with van der Waals surface area (Å²) < 4.78 is 0. The highest BCUT2D eigenvalue weighted by molar-refractivity contribution is 6.04. The van der Waals surface area contributed by atoms with Gasteiger partial charge in [-0.3, -0.25) is 9.78 Å². The minimum Gasteiger partial charge on any atom is -0.372 e. The fourth-order valence-corrected chi connectivity index (χ4v) is 2.85. The van der Waals surface area contributed by atoms with Gasteiger partial charge < -0.3 is 15.5 Å². The predicted octanol–water partition coefficient (Wildman–Crippen LogP) is 4.92. The van der Waals surface area contributed by atoms with Crippen LogP contribution in [0.25, 0.3) is 0 Å². The van der Waals surface area contributed by atoms with Gasteiger partial charge in [-0.15, -0.1) is 0 Å². The van der Waals surface area contributed by atoms with Gasteiger partial charge in [0, 0.05) is 48.2 Å². The predicted molar refractivity (Wildman–Crippen MR) is 112 cm³/mol. The van der Waals surface area contributed by atoms with Crippen LogP contribution in [-0.4, -0.2) is 24.0 Å². The van der Waals surface area contributed by atoms with E-state index in [2.05, 4.69) is 58.6 Å². The van der Waals surface area contributed by atoms with Crippen LogP contribution in [0, 0.1) is 0 Å². The summed E-state index contributed by atoms with van der Waals surface area (Å²) in [5, 5.41) is 6.25. The van der Waals surface area contributed by atoms with Crippen molar-refractivity contribution in [3.63, 3.8) is 0 Å². The van der Waals surface area contributed by atoms with E-state index < -0.39 is 0 Å². The minimum absolute atomic E-state index is 0.171. The lowest BCUT2D eigenvalue weighted by Crippen LogP contribution is -2.21. The number of amides is 1. The first-order chi connectivity index (χ1) is 13.2. The monoisotopic (exact) mass is 360 g/mol. The maximum atomic E-state index is 12.2. The average Bonchev–Trinajstić information content (AvgIpc) is 2.72. The number of carbonyl (C=O) groups excluding carboxylic acids is 1. The van der Waals surface area contributed by atoms with Gasteiger partial charge in [0.15, 0.2) is 0 Å². The molecule has 0 fully saturated rings. The first kappa shape index (κ1) is 18.5. The minimum atomic E-state index is -0.171. The molecule has 1 amide bonds. The zero-order valence-corrected chi connectivity index (χ0v) is 15.6. The van der Waals surface area contributed by atoms with Crippen LogP contribution >= 0.6 is 0 Å². The third-order valence-corrected chi connectivity index (χ3v) is 4.35. The van der Waals surface area contributed by atoms with E-state index in [1.165, 1.54) is 5.69 Å². The number of aromatic nitrogens is 1. The molecular formula is C22H24N4O. The molecule has 0 spiro atoms. The Balaban J connectivity index is 1.61. The summed E-state index contributed by atoms with van der Waals surface area (Å²) in [6, 6.07) is 19.5. The molecule has 2 aromatic carbocycles. The molecule has 0 radical (unpaired) electrons. The van der Waals surface area contributed by atoms with Gasteiger partial charge in [0.2, 0.25) is 0 Å². The van der Waals surface area contributed by atoms with Crippen molar-refractivity contribution < 1.29 is 4.79 Å². The molecule has 2 N–H and O–H groups in total. The third kappa shape index (κ3) is 4.85. The molecule has 0 atom stereocenters. The second-order valence-electron chi connectivity index (χ2n) is 6.12. The number of nitrogens with zero attached hydrogens (tertiary/aromatic N) is 2. The van der Waals surface area contributed by atoms with Crippen LogP contribution in [0.3, 0.4) is 0 Å². The molecule has 0 unspecified atom stereocenters.